The molecule has 0 unspecified atom stereocenters. The summed E-state index contributed by atoms with van der Waals surface area (Å²) in [7, 11) is 0. The normalized spacial score (nSPS) is 10.5. The van der Waals surface area contributed by atoms with Crippen LogP contribution in [0.25, 0.3) is 0 Å². The van der Waals surface area contributed by atoms with Gasteiger partial charge in [-0.3, -0.25) is 0 Å². The molecule has 1 aromatic rings. The second kappa shape index (κ2) is 4.80. The summed E-state index contributed by atoms with van der Waals surface area (Å²) in [6, 6.07) is 3.53. The van der Waals surface area contributed by atoms with Gasteiger partial charge in [-0.1, -0.05) is 13.8 Å². The second-order valence-corrected chi connectivity index (χ2v) is 3.03. The van der Waals surface area contributed by atoms with Gasteiger partial charge in [-0.05, 0) is 25.0 Å². The van der Waals surface area contributed by atoms with Crippen LogP contribution in [0.3, 0.4) is 0 Å². The van der Waals surface area contributed by atoms with Crippen LogP contribution in [-0.4, -0.2) is 11.0 Å². The Kier molecular flexibility index (Phi) is 3.68. The molecule has 0 aliphatic heterocycles. The van der Waals surface area contributed by atoms with E-state index in [1.807, 2.05) is 0 Å². The summed E-state index contributed by atoms with van der Waals surface area (Å²) >= 11 is 0. The van der Waals surface area contributed by atoms with Crippen molar-refractivity contribution in [3.63, 3.8) is 0 Å². The van der Waals surface area contributed by atoms with Crippen LogP contribution in [0, 0.1) is 5.95 Å². The molecule has 0 atom stereocenters. The third-order valence-electron chi connectivity index (χ3n) is 2.08. The van der Waals surface area contributed by atoms with Gasteiger partial charge in [0, 0.05) is 6.04 Å². The monoisotopic (exact) mass is 182 g/mol. The van der Waals surface area contributed by atoms with Crippen molar-refractivity contribution in [2.45, 2.75) is 32.7 Å². The van der Waals surface area contributed by atoms with Crippen LogP contribution in [0.1, 0.15) is 26.7 Å². The molecule has 0 aliphatic rings. The Morgan fingerprint density at radius 3 is 2.54 bits per heavy atom. The van der Waals surface area contributed by atoms with Crippen molar-refractivity contribution in [2.24, 2.45) is 0 Å². The molecule has 0 fully saturated rings. The lowest BCUT2D eigenvalue weighted by molar-refractivity contribution is 0.583. The zero-order chi connectivity index (χ0) is 9.68. The Bertz CT molecular complexity index is 242. The van der Waals surface area contributed by atoms with Gasteiger partial charge < -0.3 is 5.32 Å². The number of rotatable bonds is 4. The molecular weight excluding hydrogens is 167 g/mol. The minimum absolute atomic E-state index is 0.435. The van der Waals surface area contributed by atoms with Gasteiger partial charge >= 0.3 is 0 Å². The highest BCUT2D eigenvalue weighted by atomic mass is 19.1. The van der Waals surface area contributed by atoms with Crippen molar-refractivity contribution in [1.29, 1.82) is 0 Å². The molecule has 0 saturated carbocycles. The predicted octanol–water partition coefficient (Wildman–Crippen LogP) is 2.82. The lowest BCUT2D eigenvalue weighted by atomic mass is 10.1. The zero-order valence-electron chi connectivity index (χ0n) is 8.05. The Balaban J connectivity index is 2.58. The van der Waals surface area contributed by atoms with Crippen molar-refractivity contribution in [3.05, 3.63) is 24.3 Å². The molecule has 0 aromatic carbocycles. The van der Waals surface area contributed by atoms with Crippen LogP contribution in [0.2, 0.25) is 0 Å². The molecule has 0 saturated heterocycles. The van der Waals surface area contributed by atoms with Crippen LogP contribution in [0.15, 0.2) is 18.3 Å². The fourth-order valence-corrected chi connectivity index (χ4v) is 1.19. The van der Waals surface area contributed by atoms with Crippen molar-refractivity contribution in [3.8, 4) is 0 Å². The number of aromatic nitrogens is 1. The van der Waals surface area contributed by atoms with E-state index in [9.17, 15) is 4.39 Å². The third-order valence-corrected chi connectivity index (χ3v) is 2.08. The van der Waals surface area contributed by atoms with Crippen LogP contribution in [0.4, 0.5) is 10.1 Å². The lowest BCUT2D eigenvalue weighted by Gasteiger charge is -2.15. The van der Waals surface area contributed by atoms with Gasteiger partial charge in [0.1, 0.15) is 0 Å². The van der Waals surface area contributed by atoms with E-state index in [4.69, 9.17) is 0 Å². The topological polar surface area (TPSA) is 24.9 Å². The summed E-state index contributed by atoms with van der Waals surface area (Å²) in [6.07, 6.45) is 3.65. The summed E-state index contributed by atoms with van der Waals surface area (Å²) in [4.78, 5) is 3.57. The van der Waals surface area contributed by atoms with Crippen molar-refractivity contribution in [2.75, 3.05) is 5.32 Å². The highest BCUT2D eigenvalue weighted by molar-refractivity contribution is 5.40. The summed E-state index contributed by atoms with van der Waals surface area (Å²) < 4.78 is 12.4. The number of halogens is 1. The Hall–Kier alpha value is -1.12. The molecule has 0 bridgehead atoms. The van der Waals surface area contributed by atoms with Crippen LogP contribution in [0.5, 0.6) is 0 Å². The number of hydrogen-bond acceptors (Lipinski definition) is 2. The van der Waals surface area contributed by atoms with Gasteiger partial charge in [0.25, 0.3) is 0 Å². The molecule has 2 nitrogen and oxygen atoms in total. The molecule has 1 aromatic heterocycles. The second-order valence-electron chi connectivity index (χ2n) is 3.03. The van der Waals surface area contributed by atoms with Gasteiger partial charge in [-0.15, -0.1) is 0 Å². The minimum Gasteiger partial charge on any atom is -0.381 e. The van der Waals surface area contributed by atoms with Crippen molar-refractivity contribution >= 4 is 5.69 Å². The van der Waals surface area contributed by atoms with Crippen molar-refractivity contribution in [1.82, 2.24) is 4.98 Å². The molecule has 3 heteroatoms. The number of nitrogens with one attached hydrogen (secondary N) is 1. The molecular formula is C10H15FN2. The van der Waals surface area contributed by atoms with E-state index in [1.165, 1.54) is 12.3 Å². The number of nitrogens with zero attached hydrogens (tertiary/aromatic N) is 1. The molecule has 0 spiro atoms. The molecule has 72 valence electrons. The van der Waals surface area contributed by atoms with E-state index in [2.05, 4.69) is 24.1 Å². The first-order chi connectivity index (χ1) is 6.26. The number of pyridine rings is 1. The van der Waals surface area contributed by atoms with Gasteiger partial charge in [0.2, 0.25) is 5.95 Å². The third kappa shape index (κ3) is 3.01. The first kappa shape index (κ1) is 9.96. The van der Waals surface area contributed by atoms with Gasteiger partial charge in [-0.2, -0.15) is 4.39 Å². The highest BCUT2D eigenvalue weighted by Gasteiger charge is 2.02. The Morgan fingerprint density at radius 1 is 1.38 bits per heavy atom. The first-order valence-corrected chi connectivity index (χ1v) is 4.64. The smallest absolute Gasteiger partial charge is 0.212 e. The SMILES string of the molecule is CCC(CC)Nc1ccc(F)nc1. The summed E-state index contributed by atoms with van der Waals surface area (Å²) in [6.45, 7) is 4.25. The highest BCUT2D eigenvalue weighted by Crippen LogP contribution is 2.10. The van der Waals surface area contributed by atoms with E-state index < -0.39 is 5.95 Å². The maximum absolute atomic E-state index is 12.4. The maximum atomic E-state index is 12.4. The van der Waals surface area contributed by atoms with Crippen LogP contribution < -0.4 is 5.32 Å². The summed E-state index contributed by atoms with van der Waals surface area (Å²) in [5, 5.41) is 3.28. The van der Waals surface area contributed by atoms with Gasteiger partial charge in [0.05, 0.1) is 11.9 Å². The molecule has 1 heterocycles. The Labute approximate surface area is 78.2 Å². The average Bonchev–Trinajstić information content (AvgIpc) is 2.17. The standard InChI is InChI=1S/C10H15FN2/c1-3-8(4-2)13-9-5-6-10(11)12-7-9/h5-8,13H,3-4H2,1-2H3. The van der Waals surface area contributed by atoms with Crippen LogP contribution in [-0.2, 0) is 0 Å². The first-order valence-electron chi connectivity index (χ1n) is 4.64. The van der Waals surface area contributed by atoms with E-state index in [0.29, 0.717) is 6.04 Å². The lowest BCUT2D eigenvalue weighted by Crippen LogP contribution is -2.16. The summed E-state index contributed by atoms with van der Waals surface area (Å²) in [5.41, 5.74) is 0.884. The van der Waals surface area contributed by atoms with E-state index in [-0.39, 0.29) is 0 Å². The fraction of sp³-hybridized carbons (Fsp3) is 0.500. The van der Waals surface area contributed by atoms with Crippen LogP contribution >= 0.6 is 0 Å². The molecule has 1 rings (SSSR count). The molecule has 1 N–H and O–H groups in total. The molecule has 13 heavy (non-hydrogen) atoms. The minimum atomic E-state index is -0.435. The Morgan fingerprint density at radius 2 is 2.08 bits per heavy atom. The number of anilines is 1. The van der Waals surface area contributed by atoms with E-state index >= 15 is 0 Å². The van der Waals surface area contributed by atoms with Gasteiger partial charge in [0.15, 0.2) is 0 Å². The number of hydrogen-bond donors (Lipinski definition) is 1. The fourth-order valence-electron chi connectivity index (χ4n) is 1.19. The molecule has 0 amide bonds. The van der Waals surface area contributed by atoms with Crippen molar-refractivity contribution < 1.29 is 4.39 Å². The van der Waals surface area contributed by atoms with E-state index in [1.54, 1.807) is 6.07 Å². The maximum Gasteiger partial charge on any atom is 0.212 e. The average molecular weight is 182 g/mol. The quantitative estimate of drug-likeness (QED) is 0.724. The molecule has 0 aliphatic carbocycles. The van der Waals surface area contributed by atoms with Gasteiger partial charge in [-0.25, -0.2) is 4.98 Å². The zero-order valence-corrected chi connectivity index (χ0v) is 8.05. The van der Waals surface area contributed by atoms with E-state index in [0.717, 1.165) is 18.5 Å². The summed E-state index contributed by atoms with van der Waals surface area (Å²) in [5.74, 6) is -0.435. The molecule has 0 radical (unpaired) electrons. The predicted molar refractivity (Wildman–Crippen MR) is 52.2 cm³/mol. The largest absolute Gasteiger partial charge is 0.381 e.